The predicted molar refractivity (Wildman–Crippen MR) is 104 cm³/mol. The van der Waals surface area contributed by atoms with Crippen LogP contribution in [0.5, 0.6) is 5.75 Å². The van der Waals surface area contributed by atoms with Crippen LogP contribution in [-0.4, -0.2) is 41.1 Å². The summed E-state index contributed by atoms with van der Waals surface area (Å²) >= 11 is 3.24. The Morgan fingerprint density at radius 3 is 2.46 bits per heavy atom. The lowest BCUT2D eigenvalue weighted by Crippen LogP contribution is -2.46. The highest BCUT2D eigenvalue weighted by molar-refractivity contribution is 9.10. The molecule has 0 amide bonds. The van der Waals surface area contributed by atoms with E-state index in [0.717, 1.165) is 32.6 Å². The Bertz CT molecular complexity index is 557. The number of piperazine rings is 1. The molecule has 24 heavy (non-hydrogen) atoms. The third-order valence-electron chi connectivity index (χ3n) is 4.34. The van der Waals surface area contributed by atoms with Crippen molar-refractivity contribution in [2.75, 3.05) is 26.2 Å². The van der Waals surface area contributed by atoms with Crippen LogP contribution >= 0.6 is 40.7 Å². The Kier molecular flexibility index (Phi) is 10.1. The second-order valence-electron chi connectivity index (χ2n) is 5.74. The van der Waals surface area contributed by atoms with Crippen molar-refractivity contribution in [2.24, 2.45) is 5.92 Å². The summed E-state index contributed by atoms with van der Waals surface area (Å²) < 4.78 is 0.375. The first-order valence-corrected chi connectivity index (χ1v) is 8.36. The Hall–Kier alpha value is -0.600. The van der Waals surface area contributed by atoms with Crippen LogP contribution in [0, 0.1) is 16.0 Å². The Morgan fingerprint density at radius 1 is 1.38 bits per heavy atom. The van der Waals surface area contributed by atoms with Gasteiger partial charge in [0.1, 0.15) is 5.75 Å². The number of nitrogens with zero attached hydrogens (tertiary/aromatic N) is 2. The fourth-order valence-electron chi connectivity index (χ4n) is 2.98. The van der Waals surface area contributed by atoms with E-state index in [1.165, 1.54) is 12.1 Å². The molecular weight excluding hydrogens is 421 g/mol. The molecule has 0 aliphatic carbocycles. The van der Waals surface area contributed by atoms with Crippen molar-refractivity contribution in [2.45, 2.75) is 26.3 Å². The lowest BCUT2D eigenvalue weighted by Gasteiger charge is -2.38. The molecule has 0 bridgehead atoms. The fourth-order valence-corrected chi connectivity index (χ4v) is 3.45. The molecule has 1 fully saturated rings. The maximum absolute atomic E-state index is 11.1. The number of nitrogens with one attached hydrogen (secondary N) is 1. The lowest BCUT2D eigenvalue weighted by atomic mass is 9.89. The van der Waals surface area contributed by atoms with E-state index in [1.54, 1.807) is 0 Å². The van der Waals surface area contributed by atoms with Gasteiger partial charge in [-0.25, -0.2) is 0 Å². The number of nitro groups is 1. The zero-order chi connectivity index (χ0) is 16.3. The van der Waals surface area contributed by atoms with E-state index in [4.69, 9.17) is 0 Å². The van der Waals surface area contributed by atoms with Gasteiger partial charge in [-0.3, -0.25) is 15.0 Å². The van der Waals surface area contributed by atoms with Gasteiger partial charge in [0.2, 0.25) is 0 Å². The van der Waals surface area contributed by atoms with Crippen LogP contribution in [0.4, 0.5) is 5.69 Å². The van der Waals surface area contributed by atoms with Crippen molar-refractivity contribution in [1.29, 1.82) is 0 Å². The molecule has 0 saturated carbocycles. The quantitative estimate of drug-likeness (QED) is 0.531. The van der Waals surface area contributed by atoms with Crippen LogP contribution in [0.15, 0.2) is 16.6 Å². The molecule has 2 N–H and O–H groups in total. The normalized spacial score (nSPS) is 17.3. The molecule has 1 aromatic rings. The van der Waals surface area contributed by atoms with E-state index in [0.29, 0.717) is 10.0 Å². The minimum atomic E-state index is -0.418. The van der Waals surface area contributed by atoms with Gasteiger partial charge in [-0.05, 0) is 21.8 Å². The second kappa shape index (κ2) is 10.4. The molecule has 1 heterocycles. The molecule has 6 nitrogen and oxygen atoms in total. The highest BCUT2D eigenvalue weighted by atomic mass is 79.9. The van der Waals surface area contributed by atoms with Gasteiger partial charge in [0.25, 0.3) is 5.69 Å². The van der Waals surface area contributed by atoms with Gasteiger partial charge in [-0.2, -0.15) is 0 Å². The number of nitro benzene ring substituents is 1. The number of aromatic hydroxyl groups is 1. The molecule has 9 heteroatoms. The zero-order valence-electron chi connectivity index (χ0n) is 13.7. The van der Waals surface area contributed by atoms with Crippen molar-refractivity contribution < 1.29 is 10.0 Å². The Morgan fingerprint density at radius 2 is 1.96 bits per heavy atom. The maximum Gasteiger partial charge on any atom is 0.271 e. The van der Waals surface area contributed by atoms with Gasteiger partial charge < -0.3 is 10.4 Å². The molecule has 1 aliphatic heterocycles. The van der Waals surface area contributed by atoms with E-state index >= 15 is 0 Å². The molecular formula is C15H24BrCl2N3O3. The molecule has 1 unspecified atom stereocenters. The molecule has 0 radical (unpaired) electrons. The Balaban J connectivity index is 0.00000264. The highest BCUT2D eigenvalue weighted by Crippen LogP contribution is 2.41. The molecule has 1 aliphatic rings. The topological polar surface area (TPSA) is 78.6 Å². The summed E-state index contributed by atoms with van der Waals surface area (Å²) in [5.74, 6) is 0.396. The van der Waals surface area contributed by atoms with Crippen LogP contribution in [0.2, 0.25) is 0 Å². The Labute approximate surface area is 163 Å². The summed E-state index contributed by atoms with van der Waals surface area (Å²) in [5, 5.41) is 24.9. The fraction of sp³-hybridized carbons (Fsp3) is 0.600. The summed E-state index contributed by atoms with van der Waals surface area (Å²) in [6.07, 6.45) is 0.939. The van der Waals surface area contributed by atoms with Crippen molar-refractivity contribution >= 4 is 46.4 Å². The summed E-state index contributed by atoms with van der Waals surface area (Å²) in [7, 11) is 0. The summed E-state index contributed by atoms with van der Waals surface area (Å²) in [5.41, 5.74) is 0.639. The molecule has 1 aromatic carbocycles. The van der Waals surface area contributed by atoms with E-state index in [1.807, 2.05) is 0 Å². The minimum Gasteiger partial charge on any atom is -0.506 e. The van der Waals surface area contributed by atoms with E-state index in [9.17, 15) is 15.2 Å². The number of halogens is 3. The predicted octanol–water partition coefficient (Wildman–Crippen LogP) is 3.90. The van der Waals surface area contributed by atoms with E-state index in [-0.39, 0.29) is 48.2 Å². The SMILES string of the molecule is CCC(C)[C@@H](c1cc([N+](=O)[O-])cc(Br)c1O)N1CCNCC1.Cl.Cl. The number of non-ortho nitro benzene ring substituents is 1. The number of hydrogen-bond acceptors (Lipinski definition) is 5. The smallest absolute Gasteiger partial charge is 0.271 e. The molecule has 0 aromatic heterocycles. The molecule has 0 spiro atoms. The molecule has 2 atom stereocenters. The van der Waals surface area contributed by atoms with Crippen LogP contribution in [0.3, 0.4) is 0 Å². The summed E-state index contributed by atoms with van der Waals surface area (Å²) in [6, 6.07) is 2.84. The van der Waals surface area contributed by atoms with Crippen molar-refractivity contribution in [1.82, 2.24) is 10.2 Å². The summed E-state index contributed by atoms with van der Waals surface area (Å²) in [6.45, 7) is 7.75. The second-order valence-corrected chi connectivity index (χ2v) is 6.59. The van der Waals surface area contributed by atoms with Gasteiger partial charge in [0, 0.05) is 49.9 Å². The average molecular weight is 445 g/mol. The third kappa shape index (κ3) is 5.20. The van der Waals surface area contributed by atoms with Crippen LogP contribution < -0.4 is 5.32 Å². The largest absolute Gasteiger partial charge is 0.506 e. The molecule has 2 rings (SSSR count). The van der Waals surface area contributed by atoms with Gasteiger partial charge in [0.15, 0.2) is 0 Å². The zero-order valence-corrected chi connectivity index (χ0v) is 16.9. The molecule has 138 valence electrons. The van der Waals surface area contributed by atoms with Gasteiger partial charge in [-0.1, -0.05) is 20.3 Å². The van der Waals surface area contributed by atoms with Crippen LogP contribution in [-0.2, 0) is 0 Å². The third-order valence-corrected chi connectivity index (χ3v) is 4.94. The van der Waals surface area contributed by atoms with Crippen molar-refractivity contribution in [3.8, 4) is 5.75 Å². The monoisotopic (exact) mass is 443 g/mol. The van der Waals surface area contributed by atoms with E-state index < -0.39 is 4.92 Å². The standard InChI is InChI=1S/C15H22BrN3O3.2ClH/c1-3-10(2)14(18-6-4-17-5-7-18)12-8-11(19(21)22)9-13(16)15(12)20;;/h8-10,14,17,20H,3-7H2,1-2H3;2*1H/t10?,14-;;/m0../s1. The van der Waals surface area contributed by atoms with E-state index in [2.05, 4.69) is 40.0 Å². The first-order valence-electron chi connectivity index (χ1n) is 7.57. The van der Waals surface area contributed by atoms with Crippen molar-refractivity contribution in [3.63, 3.8) is 0 Å². The van der Waals surface area contributed by atoms with Crippen molar-refractivity contribution in [3.05, 3.63) is 32.3 Å². The lowest BCUT2D eigenvalue weighted by molar-refractivity contribution is -0.385. The minimum absolute atomic E-state index is 0. The van der Waals surface area contributed by atoms with Gasteiger partial charge >= 0.3 is 0 Å². The summed E-state index contributed by atoms with van der Waals surface area (Å²) in [4.78, 5) is 13.0. The number of phenolic OH excluding ortho intramolecular Hbond substituents is 1. The number of rotatable bonds is 5. The van der Waals surface area contributed by atoms with Crippen LogP contribution in [0.1, 0.15) is 31.9 Å². The van der Waals surface area contributed by atoms with Gasteiger partial charge in [0.05, 0.1) is 9.40 Å². The average Bonchev–Trinajstić information content (AvgIpc) is 2.52. The molecule has 1 saturated heterocycles. The van der Waals surface area contributed by atoms with Gasteiger partial charge in [-0.15, -0.1) is 24.8 Å². The highest BCUT2D eigenvalue weighted by Gasteiger charge is 2.30. The first-order chi connectivity index (χ1) is 10.5. The number of phenols is 1. The first kappa shape index (κ1) is 23.4. The number of benzene rings is 1. The van der Waals surface area contributed by atoms with Crippen LogP contribution in [0.25, 0.3) is 0 Å². The number of hydrogen-bond donors (Lipinski definition) is 2. The maximum atomic E-state index is 11.1.